The molecule has 4 amide bonds. The predicted molar refractivity (Wildman–Crippen MR) is 95.1 cm³/mol. The molecule has 0 saturated carbocycles. The molecule has 2 N–H and O–H groups in total. The lowest BCUT2D eigenvalue weighted by Gasteiger charge is -2.34. The monoisotopic (exact) mass is 371 g/mol. The summed E-state index contributed by atoms with van der Waals surface area (Å²) in [6, 6.07) is 4.21. The maximum atomic E-state index is 13.1. The summed E-state index contributed by atoms with van der Waals surface area (Å²) < 4.78 is 0. The van der Waals surface area contributed by atoms with Gasteiger partial charge in [-0.15, -0.1) is 0 Å². The summed E-state index contributed by atoms with van der Waals surface area (Å²) in [5.74, 6) is -1.71. The third-order valence-corrected chi connectivity index (χ3v) is 5.66. The molecule has 3 heterocycles. The van der Waals surface area contributed by atoms with Gasteiger partial charge in [0.25, 0.3) is 11.8 Å². The van der Waals surface area contributed by atoms with Crippen molar-refractivity contribution in [3.05, 3.63) is 29.3 Å². The van der Waals surface area contributed by atoms with E-state index in [0.29, 0.717) is 29.9 Å². The van der Waals surface area contributed by atoms with Crippen molar-refractivity contribution >= 4 is 29.3 Å². The second kappa shape index (κ2) is 6.77. The summed E-state index contributed by atoms with van der Waals surface area (Å²) in [4.78, 5) is 52.6. The number of imide groups is 2. The number of fused-ring (bicyclic) bond motifs is 1. The molecule has 2 saturated heterocycles. The van der Waals surface area contributed by atoms with Crippen LogP contribution in [0.4, 0.5) is 5.69 Å². The van der Waals surface area contributed by atoms with E-state index in [1.165, 1.54) is 0 Å². The molecule has 1 unspecified atom stereocenters. The van der Waals surface area contributed by atoms with Gasteiger partial charge in [-0.2, -0.15) is 0 Å². The Morgan fingerprint density at radius 2 is 1.78 bits per heavy atom. The third kappa shape index (κ3) is 2.90. The molecule has 1 aromatic rings. The van der Waals surface area contributed by atoms with Crippen LogP contribution < -0.4 is 10.2 Å². The molecule has 1 aromatic carbocycles. The second-order valence-corrected chi connectivity index (χ2v) is 7.26. The number of anilines is 1. The van der Waals surface area contributed by atoms with Crippen LogP contribution in [0.3, 0.4) is 0 Å². The van der Waals surface area contributed by atoms with Crippen molar-refractivity contribution in [2.24, 2.45) is 5.92 Å². The number of amides is 4. The van der Waals surface area contributed by atoms with Crippen LogP contribution in [-0.2, 0) is 9.59 Å². The van der Waals surface area contributed by atoms with Crippen LogP contribution >= 0.6 is 0 Å². The van der Waals surface area contributed by atoms with E-state index < -0.39 is 23.8 Å². The second-order valence-electron chi connectivity index (χ2n) is 7.26. The van der Waals surface area contributed by atoms with E-state index in [1.807, 2.05) is 6.07 Å². The summed E-state index contributed by atoms with van der Waals surface area (Å²) in [5, 5.41) is 11.5. The van der Waals surface area contributed by atoms with Crippen molar-refractivity contribution in [1.29, 1.82) is 0 Å². The van der Waals surface area contributed by atoms with E-state index >= 15 is 0 Å². The van der Waals surface area contributed by atoms with Gasteiger partial charge in [0.15, 0.2) is 0 Å². The highest BCUT2D eigenvalue weighted by molar-refractivity contribution is 6.25. The fourth-order valence-electron chi connectivity index (χ4n) is 4.12. The molecule has 0 spiro atoms. The van der Waals surface area contributed by atoms with Crippen molar-refractivity contribution < 1.29 is 24.3 Å². The van der Waals surface area contributed by atoms with E-state index in [4.69, 9.17) is 0 Å². The molecule has 8 heteroatoms. The number of aliphatic hydroxyl groups excluding tert-OH is 1. The minimum absolute atomic E-state index is 0.103. The summed E-state index contributed by atoms with van der Waals surface area (Å²) in [6.07, 6.45) is 1.89. The zero-order valence-corrected chi connectivity index (χ0v) is 14.8. The van der Waals surface area contributed by atoms with Crippen molar-refractivity contribution in [3.63, 3.8) is 0 Å². The molecule has 0 radical (unpaired) electrons. The molecule has 8 nitrogen and oxygen atoms in total. The number of nitrogens with one attached hydrogen (secondary N) is 1. The molecular weight excluding hydrogens is 350 g/mol. The molecule has 4 rings (SSSR count). The number of nitrogens with zero attached hydrogens (tertiary/aromatic N) is 2. The topological polar surface area (TPSA) is 107 Å². The molecule has 1 atom stereocenters. The SMILES string of the molecule is O=C1CCC(N2C(=O)c3cccc(N4CCC(CO)CC4)c3C2=O)C(=O)N1. The van der Waals surface area contributed by atoms with Gasteiger partial charge >= 0.3 is 0 Å². The number of hydrogen-bond acceptors (Lipinski definition) is 6. The smallest absolute Gasteiger partial charge is 0.264 e. The van der Waals surface area contributed by atoms with Gasteiger partial charge < -0.3 is 10.0 Å². The normalized spacial score (nSPS) is 23.7. The summed E-state index contributed by atoms with van der Waals surface area (Å²) in [7, 11) is 0. The maximum Gasteiger partial charge on any atom is 0.264 e. The minimum Gasteiger partial charge on any atom is -0.396 e. The number of hydrogen-bond donors (Lipinski definition) is 2. The highest BCUT2D eigenvalue weighted by Crippen LogP contribution is 2.35. The van der Waals surface area contributed by atoms with Crippen molar-refractivity contribution in [2.45, 2.75) is 31.7 Å². The number of benzene rings is 1. The quantitative estimate of drug-likeness (QED) is 0.740. The Bertz CT molecular complexity index is 829. The number of carbonyl (C=O) groups is 4. The summed E-state index contributed by atoms with van der Waals surface area (Å²) >= 11 is 0. The van der Waals surface area contributed by atoms with Crippen LogP contribution in [0.1, 0.15) is 46.4 Å². The Labute approximate surface area is 156 Å². The lowest BCUT2D eigenvalue weighted by Crippen LogP contribution is -2.54. The average molecular weight is 371 g/mol. The first-order chi connectivity index (χ1) is 13.0. The molecule has 0 aromatic heterocycles. The Kier molecular flexibility index (Phi) is 4.43. The van der Waals surface area contributed by atoms with E-state index in [9.17, 15) is 24.3 Å². The first-order valence-corrected chi connectivity index (χ1v) is 9.21. The lowest BCUT2D eigenvalue weighted by molar-refractivity contribution is -0.136. The van der Waals surface area contributed by atoms with Crippen molar-refractivity contribution in [3.8, 4) is 0 Å². The molecule has 0 bridgehead atoms. The summed E-state index contributed by atoms with van der Waals surface area (Å²) in [6.45, 7) is 1.55. The Balaban J connectivity index is 1.64. The average Bonchev–Trinajstić information content (AvgIpc) is 2.93. The molecule has 0 aliphatic carbocycles. The molecule has 3 aliphatic heterocycles. The number of carbonyl (C=O) groups excluding carboxylic acids is 4. The molecule has 142 valence electrons. The first kappa shape index (κ1) is 17.7. The molecule has 2 fully saturated rings. The van der Waals surface area contributed by atoms with Crippen LogP contribution in [0.15, 0.2) is 18.2 Å². The Morgan fingerprint density at radius 3 is 2.44 bits per heavy atom. The standard InChI is InChI=1S/C19H21N3O5/c23-10-11-6-8-21(9-7-11)13-3-1-2-12-16(13)19(27)22(18(12)26)14-4-5-15(24)20-17(14)25/h1-3,11,14,23H,4-10H2,(H,20,24,25). The van der Waals surface area contributed by atoms with Crippen LogP contribution in [0.2, 0.25) is 0 Å². The molecule has 3 aliphatic rings. The van der Waals surface area contributed by atoms with Crippen LogP contribution in [0, 0.1) is 5.92 Å². The van der Waals surface area contributed by atoms with Crippen molar-refractivity contribution in [2.75, 3.05) is 24.6 Å². The molecule has 27 heavy (non-hydrogen) atoms. The Morgan fingerprint density at radius 1 is 1.04 bits per heavy atom. The number of rotatable bonds is 3. The van der Waals surface area contributed by atoms with Gasteiger partial charge in [-0.1, -0.05) is 6.07 Å². The van der Waals surface area contributed by atoms with Gasteiger partial charge in [-0.25, -0.2) is 0 Å². The zero-order chi connectivity index (χ0) is 19.1. The number of aliphatic hydroxyl groups is 1. The van der Waals surface area contributed by atoms with Crippen LogP contribution in [0.25, 0.3) is 0 Å². The first-order valence-electron chi connectivity index (χ1n) is 9.21. The molecular formula is C19H21N3O5. The highest BCUT2D eigenvalue weighted by Gasteiger charge is 2.46. The van der Waals surface area contributed by atoms with E-state index in [-0.39, 0.29) is 31.3 Å². The van der Waals surface area contributed by atoms with Crippen LogP contribution in [0.5, 0.6) is 0 Å². The van der Waals surface area contributed by atoms with E-state index in [2.05, 4.69) is 10.2 Å². The Hall–Kier alpha value is -2.74. The zero-order valence-electron chi connectivity index (χ0n) is 14.8. The van der Waals surface area contributed by atoms with Gasteiger partial charge in [-0.05, 0) is 37.3 Å². The predicted octanol–water partition coefficient (Wildman–Crippen LogP) is 0.296. The van der Waals surface area contributed by atoms with Gasteiger partial charge in [0.2, 0.25) is 11.8 Å². The lowest BCUT2D eigenvalue weighted by atomic mass is 9.96. The minimum atomic E-state index is -0.955. The maximum absolute atomic E-state index is 13.1. The van der Waals surface area contributed by atoms with Gasteiger partial charge in [0.05, 0.1) is 16.8 Å². The van der Waals surface area contributed by atoms with Crippen LogP contribution in [-0.4, -0.2) is 59.4 Å². The fraction of sp³-hybridized carbons (Fsp3) is 0.474. The fourth-order valence-corrected chi connectivity index (χ4v) is 4.12. The highest BCUT2D eigenvalue weighted by atomic mass is 16.3. The van der Waals surface area contributed by atoms with Gasteiger partial charge in [0.1, 0.15) is 6.04 Å². The van der Waals surface area contributed by atoms with E-state index in [0.717, 1.165) is 17.7 Å². The third-order valence-electron chi connectivity index (χ3n) is 5.66. The van der Waals surface area contributed by atoms with Crippen molar-refractivity contribution in [1.82, 2.24) is 10.2 Å². The van der Waals surface area contributed by atoms with Gasteiger partial charge in [-0.3, -0.25) is 29.4 Å². The number of piperidine rings is 2. The summed E-state index contributed by atoms with van der Waals surface area (Å²) in [5.41, 5.74) is 1.32. The van der Waals surface area contributed by atoms with E-state index in [1.54, 1.807) is 12.1 Å². The van der Waals surface area contributed by atoms with Gasteiger partial charge in [0, 0.05) is 26.1 Å². The largest absolute Gasteiger partial charge is 0.396 e.